The Morgan fingerprint density at radius 2 is 2.06 bits per heavy atom. The van der Waals surface area contributed by atoms with Gasteiger partial charge in [-0.1, -0.05) is 12.1 Å². The lowest BCUT2D eigenvalue weighted by Crippen LogP contribution is -2.22. The lowest BCUT2D eigenvalue weighted by atomic mass is 9.92. The summed E-state index contributed by atoms with van der Waals surface area (Å²) in [5, 5.41) is 9.49. The Kier molecular flexibility index (Phi) is 4.03. The van der Waals surface area contributed by atoms with E-state index in [-0.39, 0.29) is 30.0 Å². The van der Waals surface area contributed by atoms with Gasteiger partial charge in [-0.3, -0.25) is 0 Å². The maximum Gasteiger partial charge on any atom is 0.123 e. The van der Waals surface area contributed by atoms with E-state index < -0.39 is 0 Å². The summed E-state index contributed by atoms with van der Waals surface area (Å²) in [6.45, 7) is 4.27. The Labute approximate surface area is 108 Å². The summed E-state index contributed by atoms with van der Waals surface area (Å²) in [6.07, 6.45) is 3.08. The van der Waals surface area contributed by atoms with Crippen molar-refractivity contribution in [2.45, 2.75) is 50.7 Å². The van der Waals surface area contributed by atoms with Crippen molar-refractivity contribution in [1.29, 1.82) is 0 Å². The molecule has 1 saturated heterocycles. The highest BCUT2D eigenvalue weighted by atomic mass is 19.1. The molecule has 2 rings (SSSR count). The first-order valence-electron chi connectivity index (χ1n) is 6.54. The zero-order valence-electron chi connectivity index (χ0n) is 11.0. The first-order chi connectivity index (χ1) is 8.50. The van der Waals surface area contributed by atoms with Crippen molar-refractivity contribution in [3.05, 3.63) is 35.6 Å². The van der Waals surface area contributed by atoms with E-state index in [1.165, 1.54) is 12.1 Å². The van der Waals surface area contributed by atoms with Gasteiger partial charge in [0.15, 0.2) is 0 Å². The van der Waals surface area contributed by atoms with Crippen molar-refractivity contribution >= 4 is 0 Å². The Bertz CT molecular complexity index is 386. The third-order valence-electron chi connectivity index (χ3n) is 3.66. The molecule has 0 bridgehead atoms. The zero-order valence-corrected chi connectivity index (χ0v) is 11.0. The number of benzene rings is 1. The summed E-state index contributed by atoms with van der Waals surface area (Å²) >= 11 is 0. The van der Waals surface area contributed by atoms with Crippen LogP contribution in [0.15, 0.2) is 24.3 Å². The third kappa shape index (κ3) is 3.30. The van der Waals surface area contributed by atoms with Crippen LogP contribution in [0.5, 0.6) is 0 Å². The fourth-order valence-electron chi connectivity index (χ4n) is 2.61. The molecule has 100 valence electrons. The molecule has 3 heteroatoms. The summed E-state index contributed by atoms with van der Waals surface area (Å²) in [5.74, 6) is -0.210. The summed E-state index contributed by atoms with van der Waals surface area (Å²) < 4.78 is 18.8. The average Bonchev–Trinajstić information content (AvgIpc) is 2.67. The Morgan fingerprint density at radius 3 is 2.56 bits per heavy atom. The molecule has 1 heterocycles. The number of hydrogen-bond acceptors (Lipinski definition) is 2. The number of rotatable bonds is 4. The standard InChI is InChI=1S/C15H21FO2/c1-15(2)8-7-14(18-15)9-12(10-17)11-3-5-13(16)6-4-11/h3-6,12,14,17H,7-10H2,1-2H3. The predicted molar refractivity (Wildman–Crippen MR) is 69.0 cm³/mol. The normalized spacial score (nSPS) is 24.1. The molecule has 1 aromatic rings. The van der Waals surface area contributed by atoms with E-state index in [2.05, 4.69) is 13.8 Å². The summed E-state index contributed by atoms with van der Waals surface area (Å²) in [7, 11) is 0. The summed E-state index contributed by atoms with van der Waals surface area (Å²) in [4.78, 5) is 0. The average molecular weight is 252 g/mol. The van der Waals surface area contributed by atoms with E-state index in [1.54, 1.807) is 12.1 Å². The molecule has 0 radical (unpaired) electrons. The number of aliphatic hydroxyl groups is 1. The van der Waals surface area contributed by atoms with Crippen LogP contribution in [-0.2, 0) is 4.74 Å². The molecule has 1 N–H and O–H groups in total. The van der Waals surface area contributed by atoms with E-state index in [0.29, 0.717) is 0 Å². The molecule has 0 spiro atoms. The predicted octanol–water partition coefficient (Wildman–Crippen LogP) is 3.25. The van der Waals surface area contributed by atoms with Crippen molar-refractivity contribution in [3.8, 4) is 0 Å². The molecule has 0 saturated carbocycles. The lowest BCUT2D eigenvalue weighted by Gasteiger charge is -2.22. The van der Waals surface area contributed by atoms with Gasteiger partial charge in [0.25, 0.3) is 0 Å². The number of halogens is 1. The molecule has 0 amide bonds. The largest absolute Gasteiger partial charge is 0.396 e. The maximum atomic E-state index is 12.9. The molecule has 2 atom stereocenters. The quantitative estimate of drug-likeness (QED) is 0.891. The van der Waals surface area contributed by atoms with Gasteiger partial charge < -0.3 is 9.84 Å². The van der Waals surface area contributed by atoms with Gasteiger partial charge in [-0.05, 0) is 50.8 Å². The van der Waals surface area contributed by atoms with E-state index in [1.807, 2.05) is 0 Å². The number of aliphatic hydroxyl groups excluding tert-OH is 1. The lowest BCUT2D eigenvalue weighted by molar-refractivity contribution is -0.0229. The Balaban J connectivity index is 2.00. The molecule has 2 nitrogen and oxygen atoms in total. The van der Waals surface area contributed by atoms with Crippen LogP contribution in [0, 0.1) is 5.82 Å². The van der Waals surface area contributed by atoms with E-state index in [9.17, 15) is 9.50 Å². The van der Waals surface area contributed by atoms with Crippen LogP contribution < -0.4 is 0 Å². The Morgan fingerprint density at radius 1 is 1.39 bits per heavy atom. The molecular formula is C15H21FO2. The smallest absolute Gasteiger partial charge is 0.123 e. The van der Waals surface area contributed by atoms with Gasteiger partial charge in [-0.15, -0.1) is 0 Å². The molecule has 18 heavy (non-hydrogen) atoms. The van der Waals surface area contributed by atoms with Crippen LogP contribution in [-0.4, -0.2) is 23.4 Å². The monoisotopic (exact) mass is 252 g/mol. The SMILES string of the molecule is CC1(C)CCC(CC(CO)c2ccc(F)cc2)O1. The zero-order chi connectivity index (χ0) is 13.2. The minimum atomic E-state index is -0.242. The van der Waals surface area contributed by atoms with Gasteiger partial charge in [-0.2, -0.15) is 0 Å². The molecule has 1 aliphatic rings. The maximum absolute atomic E-state index is 12.9. The second-order valence-electron chi connectivity index (χ2n) is 5.70. The highest BCUT2D eigenvalue weighted by molar-refractivity contribution is 5.20. The van der Waals surface area contributed by atoms with Crippen LogP contribution in [0.25, 0.3) is 0 Å². The van der Waals surface area contributed by atoms with Crippen molar-refractivity contribution in [3.63, 3.8) is 0 Å². The van der Waals surface area contributed by atoms with E-state index >= 15 is 0 Å². The van der Waals surface area contributed by atoms with Gasteiger partial charge >= 0.3 is 0 Å². The molecule has 1 aliphatic heterocycles. The highest BCUT2D eigenvalue weighted by Gasteiger charge is 2.33. The molecule has 1 aromatic carbocycles. The van der Waals surface area contributed by atoms with Crippen LogP contribution >= 0.6 is 0 Å². The first kappa shape index (κ1) is 13.5. The fraction of sp³-hybridized carbons (Fsp3) is 0.600. The van der Waals surface area contributed by atoms with Gasteiger partial charge in [-0.25, -0.2) is 4.39 Å². The fourth-order valence-corrected chi connectivity index (χ4v) is 2.61. The molecule has 2 unspecified atom stereocenters. The molecule has 0 aliphatic carbocycles. The number of hydrogen-bond donors (Lipinski definition) is 1. The molecular weight excluding hydrogens is 231 g/mol. The van der Waals surface area contributed by atoms with Crippen LogP contribution in [0.4, 0.5) is 4.39 Å². The Hall–Kier alpha value is -0.930. The third-order valence-corrected chi connectivity index (χ3v) is 3.66. The van der Waals surface area contributed by atoms with E-state index in [4.69, 9.17) is 4.74 Å². The number of ether oxygens (including phenoxy) is 1. The highest BCUT2D eigenvalue weighted by Crippen LogP contribution is 2.34. The first-order valence-corrected chi connectivity index (χ1v) is 6.54. The van der Waals surface area contributed by atoms with Crippen LogP contribution in [0.2, 0.25) is 0 Å². The minimum absolute atomic E-state index is 0.0319. The summed E-state index contributed by atoms with van der Waals surface area (Å²) in [6, 6.07) is 6.38. The summed E-state index contributed by atoms with van der Waals surface area (Å²) in [5.41, 5.74) is 0.931. The molecule has 0 aromatic heterocycles. The van der Waals surface area contributed by atoms with Gasteiger partial charge in [0.2, 0.25) is 0 Å². The topological polar surface area (TPSA) is 29.5 Å². The van der Waals surface area contributed by atoms with Crippen molar-refractivity contribution in [2.24, 2.45) is 0 Å². The van der Waals surface area contributed by atoms with Crippen molar-refractivity contribution in [2.75, 3.05) is 6.61 Å². The van der Waals surface area contributed by atoms with Gasteiger partial charge in [0.05, 0.1) is 18.3 Å². The van der Waals surface area contributed by atoms with E-state index in [0.717, 1.165) is 24.8 Å². The van der Waals surface area contributed by atoms with Gasteiger partial charge in [0.1, 0.15) is 5.82 Å². The second-order valence-corrected chi connectivity index (χ2v) is 5.70. The van der Waals surface area contributed by atoms with Crippen molar-refractivity contribution < 1.29 is 14.2 Å². The van der Waals surface area contributed by atoms with Gasteiger partial charge in [0, 0.05) is 5.92 Å². The van der Waals surface area contributed by atoms with Crippen LogP contribution in [0.3, 0.4) is 0 Å². The van der Waals surface area contributed by atoms with Crippen molar-refractivity contribution in [1.82, 2.24) is 0 Å². The second kappa shape index (κ2) is 5.37. The van der Waals surface area contributed by atoms with Crippen LogP contribution in [0.1, 0.15) is 44.6 Å². The molecule has 1 fully saturated rings. The minimum Gasteiger partial charge on any atom is -0.396 e.